The lowest BCUT2D eigenvalue weighted by molar-refractivity contribution is -0.384. The number of hydrogen-bond acceptors (Lipinski definition) is 12. The van der Waals surface area contributed by atoms with E-state index in [0.29, 0.717) is 42.1 Å². The van der Waals surface area contributed by atoms with Gasteiger partial charge >= 0.3 is 0 Å². The number of amides is 1. The van der Waals surface area contributed by atoms with E-state index in [0.717, 1.165) is 76.5 Å². The Morgan fingerprint density at radius 2 is 1.75 bits per heavy atom. The van der Waals surface area contributed by atoms with Crippen molar-refractivity contribution in [2.24, 2.45) is 16.7 Å². The predicted octanol–water partition coefficient (Wildman–Crippen LogP) is 11.2. The SMILES string of the molecule is COC(C)CCc1nc2[nH]cc(F)c2cc1Oc1cc(N2CCC3(CC2)CN([C@@H]2CCC[C@@H]2c2ccccc2C(C)C)C3)ccc1C(=O)NS(=O)(=O)c1cc2c(c([N+](=O)[O-])c1)N[C@@H](C1CCC(C)(C)CC1)CO2. The number of sulfonamides is 1. The number of carbonyl (C=O) groups excluding carboxylic acids is 1. The zero-order chi connectivity index (χ0) is 51.4. The number of aromatic amines is 1. The summed E-state index contributed by atoms with van der Waals surface area (Å²) in [6.07, 6.45) is 11.6. The molecular formula is C56H70FN7O8S. The van der Waals surface area contributed by atoms with Crippen molar-refractivity contribution in [3.63, 3.8) is 0 Å². The molecule has 10 rings (SSSR count). The molecule has 2 saturated heterocycles. The van der Waals surface area contributed by atoms with Crippen LogP contribution in [0.1, 0.15) is 138 Å². The average molecular weight is 1020 g/mol. The fourth-order valence-electron chi connectivity index (χ4n) is 12.4. The van der Waals surface area contributed by atoms with Gasteiger partial charge in [-0.1, -0.05) is 58.4 Å². The molecule has 73 heavy (non-hydrogen) atoms. The van der Waals surface area contributed by atoms with Gasteiger partial charge in [0, 0.05) is 69.4 Å². The molecule has 0 radical (unpaired) electrons. The molecule has 2 aliphatic carbocycles. The molecule has 1 amide bonds. The first-order valence-electron chi connectivity index (χ1n) is 26.3. The number of aryl methyl sites for hydroxylation is 1. The summed E-state index contributed by atoms with van der Waals surface area (Å²) in [5.41, 5.74) is 4.54. The van der Waals surface area contributed by atoms with Gasteiger partial charge in [0.15, 0.2) is 11.4 Å². The molecule has 5 aliphatic rings. The molecule has 1 unspecified atom stereocenters. The lowest BCUT2D eigenvalue weighted by atomic mass is 9.70. The van der Waals surface area contributed by atoms with E-state index in [2.05, 4.69) is 76.8 Å². The Bertz CT molecular complexity index is 2990. The molecule has 390 valence electrons. The standard InChI is InChI=1S/C56H70FN7O8S/c1-34(2)39-10-7-8-11-40(39)41-12-9-13-47(41)63-32-56(33-63)22-24-62(25-23-56)37-15-16-42(49(26-37)72-50-29-43-44(57)30-58-53(43)60-45(50)17-14-35(3)70-6)54(65)61-73(68,69)38-27-48(64(66)67)52-51(28-38)71-31-46(59-52)36-18-20-55(4,5)21-19-36/h7-8,10-11,15-16,26-30,34-36,41,46-47,59H,9,12-14,17-25,31-33H2,1-6H3,(H,58,60)(H,61,65)/t35?,41-,46-,47-/m1/s1. The number of nitrogens with one attached hydrogen (secondary N) is 3. The van der Waals surface area contributed by atoms with Crippen molar-refractivity contribution in [2.75, 3.05) is 50.1 Å². The third kappa shape index (κ3) is 10.4. The lowest BCUT2D eigenvalue weighted by Gasteiger charge is -2.57. The number of nitro groups is 1. The van der Waals surface area contributed by atoms with Gasteiger partial charge in [0.05, 0.1) is 38.6 Å². The lowest BCUT2D eigenvalue weighted by Crippen LogP contribution is -2.63. The van der Waals surface area contributed by atoms with Crippen LogP contribution in [0.4, 0.5) is 21.5 Å². The fraction of sp³-hybridized carbons (Fsp3) is 0.536. The second-order valence-electron chi connectivity index (χ2n) is 22.7. The van der Waals surface area contributed by atoms with E-state index < -0.39 is 37.3 Å². The molecule has 2 saturated carbocycles. The third-order valence-electron chi connectivity index (χ3n) is 17.0. The minimum absolute atomic E-state index is 0.0195. The highest BCUT2D eigenvalue weighted by Crippen LogP contribution is 2.50. The Hall–Kier alpha value is -5.78. The van der Waals surface area contributed by atoms with Gasteiger partial charge in [0.1, 0.15) is 29.6 Å². The second-order valence-corrected chi connectivity index (χ2v) is 24.4. The number of fused-ring (bicyclic) bond motifs is 2. The molecule has 4 fully saturated rings. The molecule has 2 aromatic heterocycles. The topological polar surface area (TPSA) is 181 Å². The Labute approximate surface area is 428 Å². The summed E-state index contributed by atoms with van der Waals surface area (Å²) in [4.78, 5) is 38.4. The van der Waals surface area contributed by atoms with Crippen LogP contribution in [0.15, 0.2) is 71.8 Å². The van der Waals surface area contributed by atoms with Crippen LogP contribution in [-0.2, 0) is 21.2 Å². The first-order valence-corrected chi connectivity index (χ1v) is 27.8. The van der Waals surface area contributed by atoms with E-state index in [4.69, 9.17) is 19.2 Å². The predicted molar refractivity (Wildman–Crippen MR) is 280 cm³/mol. The highest BCUT2D eigenvalue weighted by molar-refractivity contribution is 7.90. The van der Waals surface area contributed by atoms with Crippen molar-refractivity contribution in [1.82, 2.24) is 19.6 Å². The van der Waals surface area contributed by atoms with Gasteiger partial charge in [0.2, 0.25) is 0 Å². The first-order chi connectivity index (χ1) is 34.9. The van der Waals surface area contributed by atoms with Crippen LogP contribution in [0.3, 0.4) is 0 Å². The Morgan fingerprint density at radius 1 is 1.00 bits per heavy atom. The molecule has 3 N–H and O–H groups in total. The van der Waals surface area contributed by atoms with Crippen molar-refractivity contribution < 1.29 is 36.7 Å². The molecule has 3 aromatic carbocycles. The number of H-pyrrole nitrogens is 1. The number of halogens is 1. The minimum Gasteiger partial charge on any atom is -0.489 e. The highest BCUT2D eigenvalue weighted by atomic mass is 32.2. The number of piperidine rings is 1. The smallest absolute Gasteiger partial charge is 0.297 e. The first kappa shape index (κ1) is 50.7. The summed E-state index contributed by atoms with van der Waals surface area (Å²) in [5, 5.41) is 16.0. The van der Waals surface area contributed by atoms with E-state index in [1.165, 1.54) is 54.8 Å². The molecule has 3 aliphatic heterocycles. The zero-order valence-corrected chi connectivity index (χ0v) is 43.8. The van der Waals surface area contributed by atoms with Gasteiger partial charge in [-0.25, -0.2) is 22.5 Å². The van der Waals surface area contributed by atoms with Crippen LogP contribution in [0.2, 0.25) is 0 Å². The van der Waals surface area contributed by atoms with E-state index in [1.807, 2.05) is 6.92 Å². The van der Waals surface area contributed by atoms with Crippen LogP contribution in [0, 0.1) is 32.7 Å². The number of likely N-dealkylation sites (tertiary alicyclic amines) is 1. The van der Waals surface area contributed by atoms with E-state index >= 15 is 4.39 Å². The maximum Gasteiger partial charge on any atom is 0.297 e. The van der Waals surface area contributed by atoms with Crippen molar-refractivity contribution in [2.45, 2.75) is 140 Å². The van der Waals surface area contributed by atoms with Crippen LogP contribution < -0.4 is 24.4 Å². The number of benzene rings is 3. The van der Waals surface area contributed by atoms with Crippen LogP contribution >= 0.6 is 0 Å². The number of ether oxygens (including phenoxy) is 3. The summed E-state index contributed by atoms with van der Waals surface area (Å²) in [6.45, 7) is 14.9. The number of anilines is 2. The van der Waals surface area contributed by atoms with Gasteiger partial charge in [-0.15, -0.1) is 0 Å². The molecular weight excluding hydrogens is 950 g/mol. The van der Waals surface area contributed by atoms with Crippen LogP contribution in [0.5, 0.6) is 17.2 Å². The van der Waals surface area contributed by atoms with E-state index in [1.54, 1.807) is 19.2 Å². The van der Waals surface area contributed by atoms with Crippen molar-refractivity contribution >= 4 is 44.0 Å². The summed E-state index contributed by atoms with van der Waals surface area (Å²) in [7, 11) is -3.11. The van der Waals surface area contributed by atoms with Crippen LogP contribution in [0.25, 0.3) is 11.0 Å². The average Bonchev–Trinajstić information content (AvgIpc) is 4.00. The number of nitrogens with zero attached hydrogens (tertiary/aromatic N) is 4. The van der Waals surface area contributed by atoms with Gasteiger partial charge in [0.25, 0.3) is 21.6 Å². The molecule has 5 aromatic rings. The Balaban J connectivity index is 0.904. The molecule has 0 bridgehead atoms. The number of aromatic nitrogens is 2. The van der Waals surface area contributed by atoms with Crippen molar-refractivity contribution in [1.29, 1.82) is 0 Å². The number of nitro benzene ring substituents is 1. The maximum absolute atomic E-state index is 15.1. The van der Waals surface area contributed by atoms with Gasteiger partial charge in [-0.3, -0.25) is 19.8 Å². The Morgan fingerprint density at radius 3 is 2.48 bits per heavy atom. The normalized spacial score (nSPS) is 22.4. The summed E-state index contributed by atoms with van der Waals surface area (Å²) in [5.74, 6) is -0.0383. The minimum atomic E-state index is -4.73. The maximum atomic E-state index is 15.1. The van der Waals surface area contributed by atoms with E-state index in [-0.39, 0.29) is 69.4 Å². The number of hydrogen-bond donors (Lipinski definition) is 3. The number of carbonyl (C=O) groups is 1. The largest absolute Gasteiger partial charge is 0.489 e. The summed E-state index contributed by atoms with van der Waals surface area (Å²) in [6, 6.07) is 18.1. The molecule has 15 nitrogen and oxygen atoms in total. The number of pyridine rings is 1. The number of methoxy groups -OCH3 is 1. The quantitative estimate of drug-likeness (QED) is 0.0668. The third-order valence-corrected chi connectivity index (χ3v) is 18.3. The number of rotatable bonds is 15. The van der Waals surface area contributed by atoms with Gasteiger partial charge in [-0.05, 0) is 129 Å². The zero-order valence-electron chi connectivity index (χ0n) is 43.0. The van der Waals surface area contributed by atoms with Gasteiger partial charge in [-0.2, -0.15) is 0 Å². The summed E-state index contributed by atoms with van der Waals surface area (Å²) >= 11 is 0. The highest BCUT2D eigenvalue weighted by Gasteiger charge is 2.49. The molecule has 5 heterocycles. The fourth-order valence-corrected chi connectivity index (χ4v) is 13.4. The monoisotopic (exact) mass is 1020 g/mol. The van der Waals surface area contributed by atoms with Gasteiger partial charge < -0.3 is 29.4 Å². The molecule has 17 heteroatoms. The second kappa shape index (κ2) is 20.2. The van der Waals surface area contributed by atoms with Crippen molar-refractivity contribution in [3.8, 4) is 17.2 Å². The summed E-state index contributed by atoms with van der Waals surface area (Å²) < 4.78 is 63.9. The molecule has 1 spiro atoms. The molecule has 4 atom stereocenters. The Kier molecular flexibility index (Phi) is 14.0. The van der Waals surface area contributed by atoms with Crippen molar-refractivity contribution in [3.05, 3.63) is 105 Å². The van der Waals surface area contributed by atoms with Crippen LogP contribution in [-0.4, -0.2) is 92.2 Å². The van der Waals surface area contributed by atoms with E-state index in [9.17, 15) is 23.3 Å².